The summed E-state index contributed by atoms with van der Waals surface area (Å²) >= 11 is 0. The van der Waals surface area contributed by atoms with Gasteiger partial charge in [-0.05, 0) is 196 Å². The molecule has 0 unspecified atom stereocenters. The Hall–Kier alpha value is -8.06. The highest BCUT2D eigenvalue weighted by molar-refractivity contribution is 6.46. The van der Waals surface area contributed by atoms with E-state index in [1.807, 2.05) is 0 Å². The molecule has 1 aliphatic rings. The molecule has 15 rings (SSSR count). The van der Waals surface area contributed by atoms with Crippen LogP contribution in [0.25, 0.3) is 153 Å². The van der Waals surface area contributed by atoms with Crippen LogP contribution in [0.3, 0.4) is 0 Å². The smallest absolute Gasteiger partial charge is 0.000697 e. The lowest BCUT2D eigenvalue weighted by Gasteiger charge is -2.19. The second-order valence-corrected chi connectivity index (χ2v) is 18.3. The Morgan fingerprint density at radius 2 is 0.812 bits per heavy atom. The molecule has 0 nitrogen and oxygen atoms in total. The van der Waals surface area contributed by atoms with Crippen LogP contribution in [-0.2, 0) is 0 Å². The summed E-state index contributed by atoms with van der Waals surface area (Å²) in [6.07, 6.45) is 0. The van der Waals surface area contributed by atoms with Gasteiger partial charge in [-0.2, -0.15) is 0 Å². The average molecular weight is 807 g/mol. The van der Waals surface area contributed by atoms with Crippen molar-refractivity contribution >= 4 is 97.0 Å². The Morgan fingerprint density at radius 1 is 0.219 bits per heavy atom. The van der Waals surface area contributed by atoms with Crippen LogP contribution in [0.2, 0.25) is 0 Å². The van der Waals surface area contributed by atoms with Gasteiger partial charge in [-0.3, -0.25) is 0 Å². The molecule has 64 heavy (non-hydrogen) atoms. The molecule has 0 atom stereocenters. The molecule has 0 bridgehead atoms. The van der Waals surface area contributed by atoms with Gasteiger partial charge in [-0.1, -0.05) is 176 Å². The molecule has 0 aromatic heterocycles. The van der Waals surface area contributed by atoms with Crippen molar-refractivity contribution in [3.8, 4) is 55.6 Å². The van der Waals surface area contributed by atoms with E-state index in [1.54, 1.807) is 0 Å². The van der Waals surface area contributed by atoms with Crippen LogP contribution in [0.4, 0.5) is 0 Å². The molecule has 1 aliphatic carbocycles. The van der Waals surface area contributed by atoms with Gasteiger partial charge >= 0.3 is 0 Å². The summed E-state index contributed by atoms with van der Waals surface area (Å²) in [6.45, 7) is 4.57. The molecule has 0 fully saturated rings. The minimum absolute atomic E-state index is 1.24. The van der Waals surface area contributed by atoms with Crippen molar-refractivity contribution in [2.45, 2.75) is 13.8 Å². The number of hydrogen-bond donors (Lipinski definition) is 0. The van der Waals surface area contributed by atoms with E-state index in [-0.39, 0.29) is 0 Å². The normalized spacial score (nSPS) is 12.5. The molecule has 294 valence electrons. The summed E-state index contributed by atoms with van der Waals surface area (Å²) in [7, 11) is 0. The van der Waals surface area contributed by atoms with Crippen LogP contribution in [0.15, 0.2) is 194 Å². The Balaban J connectivity index is 1.11. The SMILES string of the molecule is Cc1cc2c3c(c(C)ccc3c1-c1ccc3cc4c5c(-c6ccccc6)c6c(cc7c8ccccc8c8cccc6c87)c(-c6ccccc6)c5c5cccc(c3c1)c54)-c1ccccc1-2. The van der Waals surface area contributed by atoms with Crippen molar-refractivity contribution in [1.82, 2.24) is 0 Å². The third-order valence-electron chi connectivity index (χ3n) is 15.1. The van der Waals surface area contributed by atoms with Crippen molar-refractivity contribution in [2.24, 2.45) is 0 Å². The lowest BCUT2D eigenvalue weighted by molar-refractivity contribution is 1.48. The summed E-state index contributed by atoms with van der Waals surface area (Å²) in [4.78, 5) is 0. The molecule has 0 spiro atoms. The molecule has 0 radical (unpaired) electrons. The molecular weight excluding hydrogens is 769 g/mol. The van der Waals surface area contributed by atoms with E-state index in [1.165, 1.54) is 164 Å². The van der Waals surface area contributed by atoms with E-state index >= 15 is 0 Å². The second kappa shape index (κ2) is 12.3. The van der Waals surface area contributed by atoms with Crippen LogP contribution in [0, 0.1) is 13.8 Å². The predicted octanol–water partition coefficient (Wildman–Crippen LogP) is 18.2. The van der Waals surface area contributed by atoms with Crippen LogP contribution >= 0.6 is 0 Å². The summed E-state index contributed by atoms with van der Waals surface area (Å²) in [6, 6.07) is 73.8. The first-order valence-electron chi connectivity index (χ1n) is 22.6. The van der Waals surface area contributed by atoms with Crippen molar-refractivity contribution in [2.75, 3.05) is 0 Å². The first kappa shape index (κ1) is 34.5. The molecule has 14 aromatic carbocycles. The molecule has 0 N–H and O–H groups in total. The molecule has 0 saturated heterocycles. The Bertz CT molecular complexity index is 4340. The third kappa shape index (κ3) is 4.28. The predicted molar refractivity (Wildman–Crippen MR) is 277 cm³/mol. The molecular formula is C64H38. The molecule has 0 heteroatoms. The molecule has 0 aliphatic heterocycles. The van der Waals surface area contributed by atoms with Gasteiger partial charge in [0.05, 0.1) is 0 Å². The fourth-order valence-electron chi connectivity index (χ4n) is 12.6. The number of aryl methyl sites for hydroxylation is 2. The number of benzene rings is 12. The zero-order chi connectivity index (χ0) is 41.9. The van der Waals surface area contributed by atoms with Gasteiger partial charge in [0.15, 0.2) is 0 Å². The summed E-state index contributed by atoms with van der Waals surface area (Å²) < 4.78 is 0. The highest BCUT2D eigenvalue weighted by Gasteiger charge is 2.28. The van der Waals surface area contributed by atoms with Crippen LogP contribution in [0.5, 0.6) is 0 Å². The van der Waals surface area contributed by atoms with Crippen molar-refractivity contribution < 1.29 is 0 Å². The molecule has 0 saturated carbocycles. The minimum atomic E-state index is 1.24. The standard InChI is InChI=1S/C64H38/c1-35-27-30-49-55(36(2)31-51-43-21-11-12-22-44(43)56(35)61(49)51)40-29-28-39-32-53-60-46(50(39)33-40)24-14-26-48(60)63-57(37-15-5-3-6-16-37)54-34-52-42-20-10-9-19-41(42)45-23-13-25-47(59(45)52)62(54)58(64(53)63)38-17-7-4-8-18-38/h3-34H,1-2H3. The maximum atomic E-state index is 2.54. The fraction of sp³-hybridized carbons (Fsp3) is 0.0312. The first-order valence-corrected chi connectivity index (χ1v) is 22.6. The highest BCUT2D eigenvalue weighted by atomic mass is 14.3. The molecule has 14 aromatic rings. The van der Waals surface area contributed by atoms with E-state index in [4.69, 9.17) is 0 Å². The highest BCUT2D eigenvalue weighted by Crippen LogP contribution is 2.56. The van der Waals surface area contributed by atoms with Crippen LogP contribution in [-0.4, -0.2) is 0 Å². The van der Waals surface area contributed by atoms with Gasteiger partial charge in [-0.25, -0.2) is 0 Å². The van der Waals surface area contributed by atoms with E-state index < -0.39 is 0 Å². The lowest BCUT2D eigenvalue weighted by Crippen LogP contribution is -1.91. The van der Waals surface area contributed by atoms with Crippen molar-refractivity contribution in [3.05, 3.63) is 205 Å². The molecule has 0 amide bonds. The van der Waals surface area contributed by atoms with E-state index in [9.17, 15) is 0 Å². The van der Waals surface area contributed by atoms with Gasteiger partial charge in [0, 0.05) is 0 Å². The van der Waals surface area contributed by atoms with E-state index in [0.717, 1.165) is 0 Å². The maximum Gasteiger partial charge on any atom is -0.000697 e. The van der Waals surface area contributed by atoms with Gasteiger partial charge in [0.1, 0.15) is 0 Å². The quantitative estimate of drug-likeness (QED) is 0.156. The minimum Gasteiger partial charge on any atom is -0.0622 e. The second-order valence-electron chi connectivity index (χ2n) is 18.3. The van der Waals surface area contributed by atoms with Crippen LogP contribution in [0.1, 0.15) is 11.1 Å². The lowest BCUT2D eigenvalue weighted by atomic mass is 9.83. The monoisotopic (exact) mass is 806 g/mol. The zero-order valence-corrected chi connectivity index (χ0v) is 35.5. The van der Waals surface area contributed by atoms with Crippen LogP contribution < -0.4 is 0 Å². The summed E-state index contributed by atoms with van der Waals surface area (Å²) in [5, 5.41) is 23.8. The molecule has 0 heterocycles. The van der Waals surface area contributed by atoms with Crippen molar-refractivity contribution in [1.29, 1.82) is 0 Å². The largest absolute Gasteiger partial charge is 0.0622 e. The topological polar surface area (TPSA) is 0 Å². The number of rotatable bonds is 3. The zero-order valence-electron chi connectivity index (χ0n) is 35.5. The van der Waals surface area contributed by atoms with Gasteiger partial charge in [0.25, 0.3) is 0 Å². The van der Waals surface area contributed by atoms with Crippen molar-refractivity contribution in [3.63, 3.8) is 0 Å². The summed E-state index contributed by atoms with van der Waals surface area (Å²) in [5.74, 6) is 0. The third-order valence-corrected chi connectivity index (χ3v) is 15.1. The Morgan fingerprint density at radius 3 is 1.58 bits per heavy atom. The summed E-state index contributed by atoms with van der Waals surface area (Å²) in [5.41, 5.74) is 15.8. The Labute approximate surface area is 369 Å². The van der Waals surface area contributed by atoms with E-state index in [2.05, 4.69) is 208 Å². The Kier molecular flexibility index (Phi) is 6.64. The van der Waals surface area contributed by atoms with Gasteiger partial charge < -0.3 is 0 Å². The number of fused-ring (bicyclic) bond motifs is 13. The maximum absolute atomic E-state index is 2.54. The van der Waals surface area contributed by atoms with E-state index in [0.29, 0.717) is 0 Å². The average Bonchev–Trinajstić information content (AvgIpc) is 3.97. The van der Waals surface area contributed by atoms with Gasteiger partial charge in [0.2, 0.25) is 0 Å². The first-order chi connectivity index (χ1) is 31.6. The number of hydrogen-bond acceptors (Lipinski definition) is 0. The fourth-order valence-corrected chi connectivity index (χ4v) is 12.6. The van der Waals surface area contributed by atoms with Gasteiger partial charge in [-0.15, -0.1) is 0 Å².